The molecule has 2 N–H and O–H groups in total. The van der Waals surface area contributed by atoms with Crippen molar-refractivity contribution in [3.8, 4) is 0 Å². The number of carbonyl (C=O) groups excluding carboxylic acids is 2. The molecule has 0 aromatic heterocycles. The van der Waals surface area contributed by atoms with Gasteiger partial charge in [0.1, 0.15) is 5.24 Å². The molecule has 116 valence electrons. The van der Waals surface area contributed by atoms with Gasteiger partial charge >= 0.3 is 19.5 Å². The molecule has 2 amide bonds. The number of hydrogen-bond donors (Lipinski definition) is 1. The number of nitrogens with zero attached hydrogens (tertiary/aromatic N) is 1. The minimum Gasteiger partial charge on any atom is -0.719 e. The fourth-order valence-corrected chi connectivity index (χ4v) is 3.61. The molecule has 0 unspecified atom stereocenters. The Labute approximate surface area is 151 Å². The zero-order chi connectivity index (χ0) is 15.0. The number of nitrogens with two attached hydrogens (primary N) is 1. The predicted octanol–water partition coefficient (Wildman–Crippen LogP) is 3.23. The molecule has 0 atom stereocenters. The van der Waals surface area contributed by atoms with Crippen LogP contribution in [-0.4, -0.2) is 27.5 Å². The minimum atomic E-state index is -0.750. The van der Waals surface area contributed by atoms with Gasteiger partial charge in [0.15, 0.2) is 0 Å². The van der Waals surface area contributed by atoms with Gasteiger partial charge in [0, 0.05) is 12.1 Å². The van der Waals surface area contributed by atoms with Crippen LogP contribution in [0.25, 0.3) is 0 Å². The van der Waals surface area contributed by atoms with E-state index in [2.05, 4.69) is 23.3 Å². The first-order valence-electron chi connectivity index (χ1n) is 7.48. The molecule has 2 rings (SSSR count). The van der Waals surface area contributed by atoms with Gasteiger partial charge in [-0.15, -0.1) is 0 Å². The fourth-order valence-electron chi connectivity index (χ4n) is 3.31. The van der Waals surface area contributed by atoms with Gasteiger partial charge < -0.3 is 45.5 Å². The largest absolute Gasteiger partial charge is 2.00 e. The van der Waals surface area contributed by atoms with Crippen LogP contribution in [-0.2, 0) is 44.7 Å². The Morgan fingerprint density at radius 2 is 1.10 bits per heavy atom. The second kappa shape index (κ2) is 11.6. The van der Waals surface area contributed by atoms with Gasteiger partial charge in [-0.2, -0.15) is 0 Å². The molecule has 2 aliphatic rings. The van der Waals surface area contributed by atoms with E-state index in [4.69, 9.17) is 17.4 Å². The molecule has 2 fully saturated rings. The number of hydrogen-bond acceptors (Lipinski definition) is 4. The van der Waals surface area contributed by atoms with Crippen molar-refractivity contribution >= 4 is 35.7 Å². The SMILES string of the molecule is NC(=O)[S-].O=C([S-])N(C1CCCCC1)C1CCCCC1.[Zn+2]. The third kappa shape index (κ3) is 8.27. The first-order chi connectivity index (χ1) is 9.52. The quantitative estimate of drug-likeness (QED) is 0.589. The zero-order valence-electron chi connectivity index (χ0n) is 12.6. The molecule has 0 saturated heterocycles. The molecule has 4 nitrogen and oxygen atoms in total. The number of carbonyl (C=O) groups is 2. The summed E-state index contributed by atoms with van der Waals surface area (Å²) in [6.45, 7) is 0. The van der Waals surface area contributed by atoms with Crippen molar-refractivity contribution in [2.45, 2.75) is 76.3 Å². The third-order valence-corrected chi connectivity index (χ3v) is 4.36. The van der Waals surface area contributed by atoms with Crippen molar-refractivity contribution < 1.29 is 29.1 Å². The van der Waals surface area contributed by atoms with E-state index < -0.39 is 5.24 Å². The normalized spacial score (nSPS) is 19.6. The summed E-state index contributed by atoms with van der Waals surface area (Å²) in [4.78, 5) is 22.8. The average molecular weight is 382 g/mol. The Morgan fingerprint density at radius 3 is 1.33 bits per heavy atom. The summed E-state index contributed by atoms with van der Waals surface area (Å²) in [6.07, 6.45) is 12.5. The molecule has 0 radical (unpaired) electrons. The van der Waals surface area contributed by atoms with Crippen molar-refractivity contribution in [3.05, 3.63) is 0 Å². The molecule has 2 saturated carbocycles. The Bertz CT molecular complexity index is 298. The standard InChI is InChI=1S/C13H23NOS.CH3NOS.Zn/c15-13(16)14(11-7-3-1-4-8-11)12-9-5-2-6-10-12;2-1(3)4;/h11-12H,1-10H2,(H,15,16);(H3,2,3,4);/q;;+2/p-2. The van der Waals surface area contributed by atoms with Crippen LogP contribution >= 0.6 is 0 Å². The van der Waals surface area contributed by atoms with E-state index in [9.17, 15) is 4.79 Å². The fraction of sp³-hybridized carbons (Fsp3) is 0.857. The smallest absolute Gasteiger partial charge is 0.719 e. The number of amides is 2. The summed E-state index contributed by atoms with van der Waals surface area (Å²) >= 11 is 8.71. The molecule has 0 spiro atoms. The summed E-state index contributed by atoms with van der Waals surface area (Å²) in [6, 6.07) is 0.920. The molecule has 0 aromatic rings. The first kappa shape index (κ1) is 21.0. The van der Waals surface area contributed by atoms with Crippen LogP contribution in [0.4, 0.5) is 9.59 Å². The molecule has 0 bridgehead atoms. The van der Waals surface area contributed by atoms with Crippen molar-refractivity contribution in [2.75, 3.05) is 0 Å². The van der Waals surface area contributed by atoms with Gasteiger partial charge in [0.05, 0.1) is 5.24 Å². The summed E-state index contributed by atoms with van der Waals surface area (Å²) < 4.78 is 0. The van der Waals surface area contributed by atoms with Gasteiger partial charge in [-0.05, 0) is 25.7 Å². The minimum absolute atomic E-state index is 0. The molecule has 0 heterocycles. The average Bonchev–Trinajstić information content (AvgIpc) is 2.40. The number of rotatable bonds is 2. The van der Waals surface area contributed by atoms with Gasteiger partial charge in [-0.1, -0.05) is 38.5 Å². The Hall–Kier alpha value is 0.00338. The zero-order valence-corrected chi connectivity index (χ0v) is 17.2. The summed E-state index contributed by atoms with van der Waals surface area (Å²) in [5.41, 5.74) is 4.29. The van der Waals surface area contributed by atoms with Crippen LogP contribution in [0.3, 0.4) is 0 Å². The van der Waals surface area contributed by atoms with Crippen molar-refractivity contribution in [1.82, 2.24) is 4.90 Å². The molecule has 21 heavy (non-hydrogen) atoms. The summed E-state index contributed by atoms with van der Waals surface area (Å²) in [7, 11) is 0. The molecule has 0 aromatic carbocycles. The van der Waals surface area contributed by atoms with E-state index >= 15 is 0 Å². The summed E-state index contributed by atoms with van der Waals surface area (Å²) in [5.74, 6) is 0. The van der Waals surface area contributed by atoms with Gasteiger partial charge in [0.25, 0.3) is 0 Å². The maximum atomic E-state index is 11.7. The van der Waals surface area contributed by atoms with E-state index in [0.717, 1.165) is 0 Å². The maximum absolute atomic E-state index is 11.7. The second-order valence-electron chi connectivity index (χ2n) is 5.58. The second-order valence-corrected chi connectivity index (χ2v) is 6.33. The Balaban J connectivity index is 0.000000715. The molecule has 7 heteroatoms. The van der Waals surface area contributed by atoms with Gasteiger partial charge in [-0.3, -0.25) is 0 Å². The van der Waals surface area contributed by atoms with Crippen LogP contribution in [0.15, 0.2) is 0 Å². The molecular weight excluding hydrogens is 358 g/mol. The molecule has 0 aliphatic heterocycles. The third-order valence-electron chi connectivity index (χ3n) is 4.15. The van der Waals surface area contributed by atoms with Crippen molar-refractivity contribution in [3.63, 3.8) is 0 Å². The monoisotopic (exact) mass is 380 g/mol. The maximum Gasteiger partial charge on any atom is 2.00 e. The Morgan fingerprint density at radius 1 is 0.810 bits per heavy atom. The van der Waals surface area contributed by atoms with E-state index in [0.29, 0.717) is 12.1 Å². The Kier molecular flexibility index (Phi) is 11.6. The van der Waals surface area contributed by atoms with E-state index in [1.54, 1.807) is 0 Å². The van der Waals surface area contributed by atoms with Crippen LogP contribution in [0.1, 0.15) is 64.2 Å². The van der Waals surface area contributed by atoms with Gasteiger partial charge in [0.2, 0.25) is 0 Å². The van der Waals surface area contributed by atoms with Crippen LogP contribution in [0.5, 0.6) is 0 Å². The van der Waals surface area contributed by atoms with Crippen LogP contribution in [0, 0.1) is 0 Å². The van der Waals surface area contributed by atoms with E-state index in [-0.39, 0.29) is 24.7 Å². The number of primary amides is 1. The molecular formula is C14H24N2O2S2Zn. The van der Waals surface area contributed by atoms with E-state index in [1.165, 1.54) is 64.2 Å². The topological polar surface area (TPSA) is 63.4 Å². The predicted molar refractivity (Wildman–Crippen MR) is 85.3 cm³/mol. The van der Waals surface area contributed by atoms with E-state index in [1.807, 2.05) is 0 Å². The van der Waals surface area contributed by atoms with Gasteiger partial charge in [-0.25, -0.2) is 0 Å². The first-order valence-corrected chi connectivity index (χ1v) is 8.29. The van der Waals surface area contributed by atoms with Crippen LogP contribution < -0.4 is 5.73 Å². The van der Waals surface area contributed by atoms with Crippen molar-refractivity contribution in [1.29, 1.82) is 0 Å². The molecule has 2 aliphatic carbocycles. The van der Waals surface area contributed by atoms with Crippen molar-refractivity contribution in [2.24, 2.45) is 5.73 Å². The summed E-state index contributed by atoms with van der Waals surface area (Å²) in [5, 5.41) is -0.848. The van der Waals surface area contributed by atoms with Crippen LogP contribution in [0.2, 0.25) is 0 Å².